The van der Waals surface area contributed by atoms with Crippen molar-refractivity contribution in [1.29, 1.82) is 0 Å². The predicted molar refractivity (Wildman–Crippen MR) is 103 cm³/mol. The monoisotopic (exact) mass is 384 g/mol. The lowest BCUT2D eigenvalue weighted by Crippen LogP contribution is -2.45. The van der Waals surface area contributed by atoms with Crippen LogP contribution in [0.1, 0.15) is 53.5 Å². The van der Waals surface area contributed by atoms with E-state index in [1.807, 2.05) is 4.90 Å². The van der Waals surface area contributed by atoms with E-state index in [2.05, 4.69) is 12.2 Å². The van der Waals surface area contributed by atoms with Crippen LogP contribution in [-0.2, 0) is 9.53 Å². The molecule has 0 spiro atoms. The van der Waals surface area contributed by atoms with Gasteiger partial charge in [-0.3, -0.25) is 9.59 Å². The summed E-state index contributed by atoms with van der Waals surface area (Å²) in [7, 11) is 0. The van der Waals surface area contributed by atoms with Crippen LogP contribution in [-0.4, -0.2) is 41.9 Å². The summed E-state index contributed by atoms with van der Waals surface area (Å²) in [5.74, 6) is -0.896. The SMILES string of the molecule is CC[C@@H]1CCCCN1C(=O)COC(=O)c1ccc(NC(=O)c2ccco2)cc1. The van der Waals surface area contributed by atoms with Gasteiger partial charge in [-0.1, -0.05) is 6.92 Å². The zero-order chi connectivity index (χ0) is 19.9. The van der Waals surface area contributed by atoms with Gasteiger partial charge in [0.1, 0.15) is 0 Å². The van der Waals surface area contributed by atoms with Crippen LogP contribution in [0.3, 0.4) is 0 Å². The smallest absolute Gasteiger partial charge is 0.338 e. The Bertz CT molecular complexity index is 814. The summed E-state index contributed by atoms with van der Waals surface area (Å²) in [5, 5.41) is 2.67. The van der Waals surface area contributed by atoms with E-state index in [-0.39, 0.29) is 30.2 Å². The number of rotatable bonds is 6. The van der Waals surface area contributed by atoms with Gasteiger partial charge in [-0.25, -0.2) is 4.79 Å². The molecule has 148 valence electrons. The van der Waals surface area contributed by atoms with Crippen LogP contribution in [0.15, 0.2) is 47.1 Å². The minimum atomic E-state index is -0.567. The molecule has 0 bridgehead atoms. The zero-order valence-electron chi connectivity index (χ0n) is 15.8. The Morgan fingerprint density at radius 2 is 1.96 bits per heavy atom. The van der Waals surface area contributed by atoms with Crippen molar-refractivity contribution in [2.45, 2.75) is 38.6 Å². The van der Waals surface area contributed by atoms with Crippen molar-refractivity contribution in [2.24, 2.45) is 0 Å². The lowest BCUT2D eigenvalue weighted by Gasteiger charge is -2.35. The Morgan fingerprint density at radius 1 is 1.18 bits per heavy atom. The Labute approximate surface area is 163 Å². The number of nitrogens with zero attached hydrogens (tertiary/aromatic N) is 1. The second-order valence-corrected chi connectivity index (χ2v) is 6.73. The average Bonchev–Trinajstić information content (AvgIpc) is 3.27. The standard InChI is InChI=1S/C21H24N2O5/c1-2-17-6-3-4-12-23(17)19(24)14-28-21(26)15-8-10-16(11-9-15)22-20(25)18-7-5-13-27-18/h5,7-11,13,17H,2-4,6,12,14H2,1H3,(H,22,25)/t17-/m1/s1. The molecule has 0 unspecified atom stereocenters. The van der Waals surface area contributed by atoms with Crippen molar-refractivity contribution in [2.75, 3.05) is 18.5 Å². The number of hydrogen-bond acceptors (Lipinski definition) is 5. The molecule has 0 radical (unpaired) electrons. The predicted octanol–water partition coefficient (Wildman–Crippen LogP) is 3.48. The molecule has 0 saturated carbocycles. The van der Waals surface area contributed by atoms with E-state index in [9.17, 15) is 14.4 Å². The zero-order valence-corrected chi connectivity index (χ0v) is 15.8. The molecule has 2 aromatic rings. The van der Waals surface area contributed by atoms with E-state index >= 15 is 0 Å². The molecule has 1 aliphatic heterocycles. The van der Waals surface area contributed by atoms with Crippen LogP contribution in [0.4, 0.5) is 5.69 Å². The first kappa shape index (κ1) is 19.7. The minimum absolute atomic E-state index is 0.151. The number of likely N-dealkylation sites (tertiary alicyclic amines) is 1. The van der Waals surface area contributed by atoms with Gasteiger partial charge in [-0.2, -0.15) is 0 Å². The van der Waals surface area contributed by atoms with E-state index in [4.69, 9.17) is 9.15 Å². The van der Waals surface area contributed by atoms with Crippen LogP contribution in [0, 0.1) is 0 Å². The summed E-state index contributed by atoms with van der Waals surface area (Å²) in [4.78, 5) is 38.3. The number of carbonyl (C=O) groups excluding carboxylic acids is 3. The molecule has 1 aliphatic rings. The second-order valence-electron chi connectivity index (χ2n) is 6.73. The molecule has 28 heavy (non-hydrogen) atoms. The van der Waals surface area contributed by atoms with Crippen LogP contribution in [0.2, 0.25) is 0 Å². The molecule has 1 fully saturated rings. The average molecular weight is 384 g/mol. The molecule has 2 amide bonds. The van der Waals surface area contributed by atoms with Crippen LogP contribution in [0.25, 0.3) is 0 Å². The van der Waals surface area contributed by atoms with E-state index in [0.29, 0.717) is 11.3 Å². The minimum Gasteiger partial charge on any atom is -0.459 e. The highest BCUT2D eigenvalue weighted by Crippen LogP contribution is 2.19. The number of piperidine rings is 1. The van der Waals surface area contributed by atoms with Gasteiger partial charge in [-0.05, 0) is 62.1 Å². The third-order valence-corrected chi connectivity index (χ3v) is 4.87. The molecule has 1 N–H and O–H groups in total. The Hall–Kier alpha value is -3.09. The molecule has 0 aliphatic carbocycles. The van der Waals surface area contributed by atoms with Gasteiger partial charge in [0.25, 0.3) is 11.8 Å². The summed E-state index contributed by atoms with van der Waals surface area (Å²) in [6.45, 7) is 2.53. The molecule has 3 rings (SSSR count). The maximum Gasteiger partial charge on any atom is 0.338 e. The molecular weight excluding hydrogens is 360 g/mol. The van der Waals surface area contributed by atoms with Crippen molar-refractivity contribution >= 4 is 23.5 Å². The number of esters is 1. The first-order valence-electron chi connectivity index (χ1n) is 9.50. The van der Waals surface area contributed by atoms with E-state index < -0.39 is 5.97 Å². The highest BCUT2D eigenvalue weighted by Gasteiger charge is 2.26. The van der Waals surface area contributed by atoms with Crippen molar-refractivity contribution in [1.82, 2.24) is 4.90 Å². The maximum absolute atomic E-state index is 12.4. The number of ether oxygens (including phenoxy) is 1. The lowest BCUT2D eigenvalue weighted by molar-refractivity contribution is -0.138. The summed E-state index contributed by atoms with van der Waals surface area (Å²) >= 11 is 0. The molecule has 1 aromatic heterocycles. The highest BCUT2D eigenvalue weighted by atomic mass is 16.5. The number of anilines is 1. The van der Waals surface area contributed by atoms with Gasteiger partial charge in [0.2, 0.25) is 0 Å². The van der Waals surface area contributed by atoms with Gasteiger partial charge in [0.05, 0.1) is 11.8 Å². The topological polar surface area (TPSA) is 88.9 Å². The molecule has 7 nitrogen and oxygen atoms in total. The lowest BCUT2D eigenvalue weighted by atomic mass is 10.00. The summed E-state index contributed by atoms with van der Waals surface area (Å²) < 4.78 is 10.2. The van der Waals surface area contributed by atoms with Crippen LogP contribution >= 0.6 is 0 Å². The molecule has 1 atom stereocenters. The number of hydrogen-bond donors (Lipinski definition) is 1. The Kier molecular flexibility index (Phi) is 6.47. The van der Waals surface area contributed by atoms with Crippen molar-refractivity contribution in [3.63, 3.8) is 0 Å². The summed E-state index contributed by atoms with van der Waals surface area (Å²) in [6.07, 6.45) is 5.44. The second kappa shape index (κ2) is 9.21. The normalized spacial score (nSPS) is 16.5. The number of furan rings is 1. The summed E-state index contributed by atoms with van der Waals surface area (Å²) in [6, 6.07) is 9.69. The van der Waals surface area contributed by atoms with E-state index in [0.717, 1.165) is 32.2 Å². The molecule has 7 heteroatoms. The van der Waals surface area contributed by atoms with E-state index in [1.54, 1.807) is 36.4 Å². The number of benzene rings is 1. The van der Waals surface area contributed by atoms with Gasteiger partial charge < -0.3 is 19.4 Å². The van der Waals surface area contributed by atoms with Crippen LogP contribution in [0.5, 0.6) is 0 Å². The number of amides is 2. The Balaban J connectivity index is 1.51. The fraction of sp³-hybridized carbons (Fsp3) is 0.381. The van der Waals surface area contributed by atoms with Gasteiger partial charge in [0.15, 0.2) is 12.4 Å². The molecular formula is C21H24N2O5. The third kappa shape index (κ3) is 4.79. The third-order valence-electron chi connectivity index (χ3n) is 4.87. The first-order valence-corrected chi connectivity index (χ1v) is 9.50. The number of carbonyl (C=O) groups is 3. The van der Waals surface area contributed by atoms with Crippen molar-refractivity contribution in [3.05, 3.63) is 54.0 Å². The van der Waals surface area contributed by atoms with Gasteiger partial charge in [0, 0.05) is 18.3 Å². The van der Waals surface area contributed by atoms with E-state index in [1.165, 1.54) is 6.26 Å². The largest absolute Gasteiger partial charge is 0.459 e. The molecule has 1 aromatic carbocycles. The van der Waals surface area contributed by atoms with Gasteiger partial charge >= 0.3 is 5.97 Å². The highest BCUT2D eigenvalue weighted by molar-refractivity contribution is 6.02. The maximum atomic E-state index is 12.4. The van der Waals surface area contributed by atoms with Crippen molar-refractivity contribution in [3.8, 4) is 0 Å². The fourth-order valence-electron chi connectivity index (χ4n) is 3.34. The van der Waals surface area contributed by atoms with Crippen LogP contribution < -0.4 is 5.32 Å². The molecule has 2 heterocycles. The fourth-order valence-corrected chi connectivity index (χ4v) is 3.34. The summed E-state index contributed by atoms with van der Waals surface area (Å²) in [5.41, 5.74) is 0.836. The van der Waals surface area contributed by atoms with Gasteiger partial charge in [-0.15, -0.1) is 0 Å². The first-order chi connectivity index (χ1) is 13.6. The van der Waals surface area contributed by atoms with Crippen molar-refractivity contribution < 1.29 is 23.5 Å². The quantitative estimate of drug-likeness (QED) is 0.770. The number of nitrogens with one attached hydrogen (secondary N) is 1. The Morgan fingerprint density at radius 3 is 2.64 bits per heavy atom. The molecule has 1 saturated heterocycles.